The Labute approximate surface area is 184 Å². The van der Waals surface area contributed by atoms with Crippen molar-refractivity contribution < 1.29 is 0 Å². The van der Waals surface area contributed by atoms with Crippen LogP contribution in [0.15, 0.2) is 121 Å². The molecule has 150 valence electrons. The van der Waals surface area contributed by atoms with Crippen LogP contribution in [0.4, 0.5) is 0 Å². The number of rotatable bonds is 9. The van der Waals surface area contributed by atoms with Crippen LogP contribution in [0, 0.1) is 0 Å². The Hall–Kier alpha value is -2.81. The van der Waals surface area contributed by atoms with E-state index in [1.807, 2.05) is 11.8 Å². The van der Waals surface area contributed by atoms with Gasteiger partial charge in [-0.05, 0) is 22.3 Å². The Bertz CT molecular complexity index is 905. The molecule has 0 aromatic heterocycles. The topological polar surface area (TPSA) is 12.0 Å². The molecule has 1 nitrogen and oxygen atoms in total. The number of hydrogen-bond donors (Lipinski definition) is 1. The van der Waals surface area contributed by atoms with Gasteiger partial charge in [-0.25, -0.2) is 0 Å². The van der Waals surface area contributed by atoms with E-state index in [9.17, 15) is 0 Å². The van der Waals surface area contributed by atoms with E-state index in [0.717, 1.165) is 18.8 Å². The second-order valence-corrected chi connectivity index (χ2v) is 8.60. The fourth-order valence-electron chi connectivity index (χ4n) is 3.87. The first kappa shape index (κ1) is 20.5. The van der Waals surface area contributed by atoms with Crippen molar-refractivity contribution in [2.75, 3.05) is 12.3 Å². The predicted octanol–water partition coefficient (Wildman–Crippen LogP) is 6.50. The fraction of sp³-hybridized carbons (Fsp3) is 0.143. The summed E-state index contributed by atoms with van der Waals surface area (Å²) in [7, 11) is 0. The van der Waals surface area contributed by atoms with Crippen molar-refractivity contribution in [3.05, 3.63) is 144 Å². The molecule has 0 amide bonds. The SMILES string of the molecule is c1ccc(CNCCSC(c2ccccc2)(c2ccccc2)c2ccccc2)cc1. The Balaban J connectivity index is 1.61. The summed E-state index contributed by atoms with van der Waals surface area (Å²) in [5.74, 6) is 1.01. The summed E-state index contributed by atoms with van der Waals surface area (Å²) in [6.07, 6.45) is 0. The first-order valence-electron chi connectivity index (χ1n) is 10.4. The van der Waals surface area contributed by atoms with Gasteiger partial charge in [0.25, 0.3) is 0 Å². The molecule has 30 heavy (non-hydrogen) atoms. The van der Waals surface area contributed by atoms with Crippen molar-refractivity contribution in [2.45, 2.75) is 11.3 Å². The number of nitrogens with one attached hydrogen (secondary N) is 1. The maximum absolute atomic E-state index is 3.61. The van der Waals surface area contributed by atoms with E-state index in [2.05, 4.69) is 127 Å². The monoisotopic (exact) mass is 409 g/mol. The third-order valence-corrected chi connectivity index (χ3v) is 6.86. The van der Waals surface area contributed by atoms with Crippen LogP contribution < -0.4 is 5.32 Å². The van der Waals surface area contributed by atoms with Gasteiger partial charge in [0.2, 0.25) is 0 Å². The normalized spacial score (nSPS) is 11.3. The summed E-state index contributed by atoms with van der Waals surface area (Å²) < 4.78 is -0.238. The van der Waals surface area contributed by atoms with Crippen LogP contribution >= 0.6 is 11.8 Å². The van der Waals surface area contributed by atoms with E-state index in [4.69, 9.17) is 0 Å². The highest BCUT2D eigenvalue weighted by Crippen LogP contribution is 2.48. The quantitative estimate of drug-likeness (QED) is 0.250. The minimum atomic E-state index is -0.238. The fourth-order valence-corrected chi connectivity index (χ4v) is 5.33. The van der Waals surface area contributed by atoms with Crippen molar-refractivity contribution in [1.82, 2.24) is 5.32 Å². The highest BCUT2D eigenvalue weighted by atomic mass is 32.2. The summed E-state index contributed by atoms with van der Waals surface area (Å²) in [4.78, 5) is 0. The molecule has 0 bridgehead atoms. The highest BCUT2D eigenvalue weighted by Gasteiger charge is 2.36. The molecule has 0 unspecified atom stereocenters. The molecular formula is C28H27NS. The summed E-state index contributed by atoms with van der Waals surface area (Å²) in [5.41, 5.74) is 5.27. The van der Waals surface area contributed by atoms with E-state index >= 15 is 0 Å². The van der Waals surface area contributed by atoms with E-state index < -0.39 is 0 Å². The standard InChI is InChI=1S/C28H27NS/c1-5-13-24(14-6-1)23-29-21-22-30-28(25-15-7-2-8-16-25,26-17-9-3-10-18-26)27-19-11-4-12-20-27/h1-20,29H,21-23H2. The number of thioether (sulfide) groups is 1. The molecule has 0 saturated carbocycles. The minimum Gasteiger partial charge on any atom is -0.312 e. The van der Waals surface area contributed by atoms with Gasteiger partial charge in [0.15, 0.2) is 0 Å². The van der Waals surface area contributed by atoms with Gasteiger partial charge in [-0.1, -0.05) is 121 Å². The third kappa shape index (κ3) is 4.67. The lowest BCUT2D eigenvalue weighted by Crippen LogP contribution is -2.28. The maximum Gasteiger partial charge on any atom is 0.0907 e. The lowest BCUT2D eigenvalue weighted by molar-refractivity contribution is 0.729. The summed E-state index contributed by atoms with van der Waals surface area (Å²) >= 11 is 2.00. The highest BCUT2D eigenvalue weighted by molar-refractivity contribution is 8.00. The van der Waals surface area contributed by atoms with Crippen LogP contribution in [0.5, 0.6) is 0 Å². The Kier molecular flexibility index (Phi) is 7.02. The third-order valence-electron chi connectivity index (χ3n) is 5.31. The number of benzene rings is 4. The predicted molar refractivity (Wildman–Crippen MR) is 130 cm³/mol. The maximum atomic E-state index is 3.61. The molecular weight excluding hydrogens is 382 g/mol. The molecule has 0 heterocycles. The van der Waals surface area contributed by atoms with Gasteiger partial charge in [0.05, 0.1) is 4.75 Å². The average Bonchev–Trinajstić information content (AvgIpc) is 2.84. The zero-order valence-corrected chi connectivity index (χ0v) is 17.9. The minimum absolute atomic E-state index is 0.238. The van der Waals surface area contributed by atoms with Gasteiger partial charge >= 0.3 is 0 Å². The molecule has 0 spiro atoms. The molecule has 0 aliphatic rings. The molecule has 2 heteroatoms. The molecule has 0 radical (unpaired) electrons. The van der Waals surface area contributed by atoms with Gasteiger partial charge in [0.1, 0.15) is 0 Å². The Morgan fingerprint density at radius 1 is 0.533 bits per heavy atom. The lowest BCUT2D eigenvalue weighted by atomic mass is 9.84. The zero-order chi connectivity index (χ0) is 20.5. The molecule has 0 saturated heterocycles. The van der Waals surface area contributed by atoms with Crippen molar-refractivity contribution in [3.8, 4) is 0 Å². The van der Waals surface area contributed by atoms with Crippen LogP contribution in [0.3, 0.4) is 0 Å². The van der Waals surface area contributed by atoms with Gasteiger partial charge in [-0.15, -0.1) is 11.8 Å². The number of hydrogen-bond acceptors (Lipinski definition) is 2. The second-order valence-electron chi connectivity index (χ2n) is 7.29. The lowest BCUT2D eigenvalue weighted by Gasteiger charge is -2.35. The van der Waals surface area contributed by atoms with Gasteiger partial charge < -0.3 is 5.32 Å². The first-order chi connectivity index (χ1) is 14.9. The molecule has 0 atom stereocenters. The van der Waals surface area contributed by atoms with Crippen molar-refractivity contribution in [1.29, 1.82) is 0 Å². The molecule has 1 N–H and O–H groups in total. The summed E-state index contributed by atoms with van der Waals surface area (Å²) in [6.45, 7) is 1.85. The van der Waals surface area contributed by atoms with E-state index in [0.29, 0.717) is 0 Å². The van der Waals surface area contributed by atoms with Crippen LogP contribution in [-0.4, -0.2) is 12.3 Å². The average molecular weight is 410 g/mol. The second kappa shape index (κ2) is 10.3. The van der Waals surface area contributed by atoms with Crippen molar-refractivity contribution in [3.63, 3.8) is 0 Å². The molecule has 0 aliphatic heterocycles. The van der Waals surface area contributed by atoms with Crippen LogP contribution in [0.25, 0.3) is 0 Å². The molecule has 0 aliphatic carbocycles. The smallest absolute Gasteiger partial charge is 0.0907 e. The van der Waals surface area contributed by atoms with Crippen molar-refractivity contribution >= 4 is 11.8 Å². The zero-order valence-electron chi connectivity index (χ0n) is 17.1. The Morgan fingerprint density at radius 2 is 0.933 bits per heavy atom. The summed E-state index contributed by atoms with van der Waals surface area (Å²) in [6, 6.07) is 43.3. The van der Waals surface area contributed by atoms with Crippen molar-refractivity contribution in [2.24, 2.45) is 0 Å². The van der Waals surface area contributed by atoms with Gasteiger partial charge in [0, 0.05) is 18.8 Å². The molecule has 0 fully saturated rings. The molecule has 4 aromatic rings. The first-order valence-corrected chi connectivity index (χ1v) is 11.4. The molecule has 4 aromatic carbocycles. The van der Waals surface area contributed by atoms with E-state index in [-0.39, 0.29) is 4.75 Å². The Morgan fingerprint density at radius 3 is 1.37 bits per heavy atom. The van der Waals surface area contributed by atoms with Gasteiger partial charge in [-0.2, -0.15) is 0 Å². The van der Waals surface area contributed by atoms with E-state index in [1.165, 1.54) is 22.3 Å². The largest absolute Gasteiger partial charge is 0.312 e. The van der Waals surface area contributed by atoms with Crippen LogP contribution in [-0.2, 0) is 11.3 Å². The van der Waals surface area contributed by atoms with Crippen LogP contribution in [0.1, 0.15) is 22.3 Å². The van der Waals surface area contributed by atoms with E-state index in [1.54, 1.807) is 0 Å². The van der Waals surface area contributed by atoms with Crippen LogP contribution in [0.2, 0.25) is 0 Å². The van der Waals surface area contributed by atoms with Gasteiger partial charge in [-0.3, -0.25) is 0 Å². The summed E-state index contributed by atoms with van der Waals surface area (Å²) in [5, 5.41) is 3.61. The molecule has 4 rings (SSSR count).